The Morgan fingerprint density at radius 2 is 0.556 bits per heavy atom. The predicted molar refractivity (Wildman–Crippen MR) is 145 cm³/mol. The lowest BCUT2D eigenvalue weighted by atomic mass is 9.87. The van der Waals surface area contributed by atoms with Gasteiger partial charge in [0.2, 0.25) is 0 Å². The van der Waals surface area contributed by atoms with Crippen LogP contribution in [0.2, 0.25) is 0 Å². The maximum atomic E-state index is 2.43. The van der Waals surface area contributed by atoms with Crippen molar-refractivity contribution < 1.29 is 0 Å². The van der Waals surface area contributed by atoms with Crippen molar-refractivity contribution in [2.75, 3.05) is 0 Å². The van der Waals surface area contributed by atoms with E-state index in [2.05, 4.69) is 120 Å². The van der Waals surface area contributed by atoms with Crippen LogP contribution >= 0.6 is 37.2 Å². The predicted octanol–water partition coefficient (Wildman–Crippen LogP) is 10.3. The third-order valence-electron chi connectivity index (χ3n) is 8.62. The molecule has 0 aliphatic heterocycles. The van der Waals surface area contributed by atoms with Gasteiger partial charge in [0, 0.05) is 37.2 Å². The zero-order chi connectivity index (χ0) is 21.9. The minimum Gasteiger partial charge on any atom is -0.0656 e. The molecular formula is C25H52I2. The van der Waals surface area contributed by atoms with E-state index in [1.54, 1.807) is 0 Å². The highest BCUT2D eigenvalue weighted by atomic mass is 128. The molecule has 2 fully saturated rings. The highest BCUT2D eigenvalue weighted by molar-refractivity contribution is 15.0. The quantitative estimate of drug-likeness (QED) is 0.275. The van der Waals surface area contributed by atoms with Gasteiger partial charge in [0.05, 0.1) is 0 Å². The lowest BCUT2D eigenvalue weighted by Gasteiger charge is -2.18. The maximum Gasteiger partial charge on any atom is 0 e. The Morgan fingerprint density at radius 3 is 0.630 bits per heavy atom. The van der Waals surface area contributed by atoms with Gasteiger partial charge in [-0.2, -0.15) is 0 Å². The fourth-order valence-electron chi connectivity index (χ4n) is 5.92. The van der Waals surface area contributed by atoms with E-state index in [0.29, 0.717) is 0 Å². The first-order valence-corrected chi connectivity index (χ1v) is 18.0. The molecule has 2 aliphatic rings. The summed E-state index contributed by atoms with van der Waals surface area (Å²) in [6.45, 7) is 28.3. The maximum absolute atomic E-state index is 2.43. The molecule has 0 N–H and O–H groups in total. The van der Waals surface area contributed by atoms with Gasteiger partial charge in [-0.1, -0.05) is 102 Å². The Bertz CT molecular complexity index is 283. The Labute approximate surface area is 197 Å². The normalized spacial score (nSPS) is 42.9. The molecule has 0 nitrogen and oxygen atoms in total. The lowest BCUT2D eigenvalue weighted by Crippen LogP contribution is -2.11. The highest BCUT2D eigenvalue weighted by Gasteiger charge is 2.40. The molecule has 0 aromatic heterocycles. The van der Waals surface area contributed by atoms with Crippen molar-refractivity contribution in [2.24, 2.45) is 59.2 Å². The molecule has 2 heteroatoms. The molecule has 166 valence electrons. The average Bonchev–Trinajstić information content (AvgIpc) is 2.97. The van der Waals surface area contributed by atoms with Gasteiger partial charge in [-0.05, 0) is 59.2 Å². The first-order valence-electron chi connectivity index (χ1n) is 11.7. The topological polar surface area (TPSA) is 0 Å². The van der Waals surface area contributed by atoms with Gasteiger partial charge in [-0.15, -0.1) is 0 Å². The van der Waals surface area contributed by atoms with Crippen LogP contribution in [-0.4, -0.2) is 0 Å². The second-order valence-electron chi connectivity index (χ2n) is 9.72. The highest BCUT2D eigenvalue weighted by Crippen LogP contribution is 2.47. The van der Waals surface area contributed by atoms with Crippen LogP contribution in [0.5, 0.6) is 0 Å². The first-order chi connectivity index (χ1) is 12.6. The molecule has 0 aromatic rings. The minimum atomic E-state index is 0.940. The van der Waals surface area contributed by atoms with Crippen LogP contribution in [0, 0.1) is 59.2 Å². The van der Waals surface area contributed by atoms with Gasteiger partial charge in [0.15, 0.2) is 0 Å². The monoisotopic (exact) mass is 606 g/mol. The fourth-order valence-corrected chi connectivity index (χ4v) is 5.92. The van der Waals surface area contributed by atoms with E-state index in [-0.39, 0.29) is 0 Å². The molecule has 2 saturated carbocycles. The molecule has 8 atom stereocenters. The van der Waals surface area contributed by atoms with Crippen LogP contribution < -0.4 is 0 Å². The smallest absolute Gasteiger partial charge is 0 e. The molecule has 2 aliphatic carbocycles. The van der Waals surface area contributed by atoms with Crippen molar-refractivity contribution in [3.8, 4) is 0 Å². The van der Waals surface area contributed by atoms with Crippen LogP contribution in [0.25, 0.3) is 0 Å². The third kappa shape index (κ3) is 8.61. The Kier molecular flexibility index (Phi) is 18.4. The van der Waals surface area contributed by atoms with E-state index in [9.17, 15) is 0 Å². The molecule has 0 amide bonds. The molecule has 0 heterocycles. The second kappa shape index (κ2) is 16.2. The zero-order valence-electron chi connectivity index (χ0n) is 20.7. The molecular weight excluding hydrogens is 554 g/mol. The van der Waals surface area contributed by atoms with E-state index >= 15 is 0 Å². The third-order valence-corrected chi connectivity index (χ3v) is 8.62. The van der Waals surface area contributed by atoms with Crippen LogP contribution in [-0.2, 0) is 0 Å². The van der Waals surface area contributed by atoms with Crippen LogP contribution in [0.3, 0.4) is 0 Å². The summed E-state index contributed by atoms with van der Waals surface area (Å²) >= 11 is 4.24. The summed E-state index contributed by atoms with van der Waals surface area (Å²) in [6.07, 6.45) is 3.99. The number of rotatable bonds is 2. The molecule has 0 radical (unpaired) electrons. The van der Waals surface area contributed by atoms with E-state index in [4.69, 9.17) is 0 Å². The summed E-state index contributed by atoms with van der Waals surface area (Å²) in [5.41, 5.74) is 0. The van der Waals surface area contributed by atoms with E-state index in [1.807, 2.05) is 0 Å². The summed E-state index contributed by atoms with van der Waals surface area (Å²) in [5.74, 6) is 9.53. The van der Waals surface area contributed by atoms with Crippen LogP contribution in [0.1, 0.15) is 102 Å². The summed E-state index contributed by atoms with van der Waals surface area (Å²) < 4.78 is 0. The Hall–Kier alpha value is 1.46. The number of hydrogen-bond donors (Lipinski definition) is 0. The average molecular weight is 606 g/mol. The molecule has 0 spiro atoms. The largest absolute Gasteiger partial charge is 0.0656 e. The first kappa shape index (κ1) is 30.7. The van der Waals surface area contributed by atoms with Crippen molar-refractivity contribution in [1.82, 2.24) is 0 Å². The van der Waals surface area contributed by atoms with Gasteiger partial charge in [0.1, 0.15) is 0 Å². The molecule has 8 unspecified atom stereocenters. The Morgan fingerprint density at radius 1 is 0.407 bits per heavy atom. The number of halogens is 2. The van der Waals surface area contributed by atoms with Gasteiger partial charge in [-0.25, -0.2) is 0 Å². The van der Waals surface area contributed by atoms with Crippen molar-refractivity contribution in [2.45, 2.75) is 102 Å². The van der Waals surface area contributed by atoms with E-state index in [1.165, 1.54) is 19.3 Å². The molecule has 27 heavy (non-hydrogen) atoms. The lowest BCUT2D eigenvalue weighted by molar-refractivity contribution is 0.311. The van der Waals surface area contributed by atoms with Crippen LogP contribution in [0.15, 0.2) is 0 Å². The van der Waals surface area contributed by atoms with Crippen molar-refractivity contribution in [1.29, 1.82) is 0 Å². The molecule has 0 saturated heterocycles. The van der Waals surface area contributed by atoms with Crippen molar-refractivity contribution >= 4 is 37.2 Å². The van der Waals surface area contributed by atoms with Gasteiger partial charge in [0.25, 0.3) is 0 Å². The fraction of sp³-hybridized carbons (Fsp3) is 1.00. The van der Waals surface area contributed by atoms with Gasteiger partial charge in [-0.3, -0.25) is 0 Å². The summed E-state index contributed by atoms with van der Waals surface area (Å²) in [6, 6.07) is 0. The standard InChI is InChI=1S/2C11H22.C3H8.I2/c2*1-6-11-9(4)7(2)8(3)10(11)5;1-3-2;1-2/h2*7-11H,6H2,1-5H3;3H2,1-2H3;. The van der Waals surface area contributed by atoms with Gasteiger partial charge < -0.3 is 0 Å². The van der Waals surface area contributed by atoms with E-state index in [0.717, 1.165) is 59.2 Å². The number of hydrogen-bond acceptors (Lipinski definition) is 0. The van der Waals surface area contributed by atoms with Crippen LogP contribution in [0.4, 0.5) is 0 Å². The SMILES string of the molecule is CCC.CCC1C(C)C(C)C(C)C1C.CCC1C(C)C(C)C(C)C1C.II. The second-order valence-corrected chi connectivity index (χ2v) is 9.72. The minimum absolute atomic E-state index is 0.940. The molecule has 0 aromatic carbocycles. The van der Waals surface area contributed by atoms with Gasteiger partial charge >= 0.3 is 0 Å². The molecule has 0 bridgehead atoms. The summed E-state index contributed by atoms with van der Waals surface area (Å²) in [4.78, 5) is 0. The zero-order valence-corrected chi connectivity index (χ0v) is 25.0. The van der Waals surface area contributed by atoms with E-state index < -0.39 is 0 Å². The molecule has 2 rings (SSSR count). The Balaban J connectivity index is 0. The summed E-state index contributed by atoms with van der Waals surface area (Å²) in [5, 5.41) is 0. The summed E-state index contributed by atoms with van der Waals surface area (Å²) in [7, 11) is 0. The van der Waals surface area contributed by atoms with Crippen molar-refractivity contribution in [3.05, 3.63) is 0 Å². The van der Waals surface area contributed by atoms with Crippen molar-refractivity contribution in [3.63, 3.8) is 0 Å².